The highest BCUT2D eigenvalue weighted by Crippen LogP contribution is 2.29. The van der Waals surface area contributed by atoms with Crippen LogP contribution in [0.15, 0.2) is 53.4 Å². The SMILES string of the molecule is O=C(Oc1ccc(F)cc1)N1CC[C@@H](S(=O)(=O)c2ccccc2Cl)C1. The van der Waals surface area contributed by atoms with Crippen molar-refractivity contribution >= 4 is 27.5 Å². The first-order chi connectivity index (χ1) is 11.9. The van der Waals surface area contributed by atoms with E-state index in [2.05, 4.69) is 0 Å². The van der Waals surface area contributed by atoms with Crippen LogP contribution in [0.3, 0.4) is 0 Å². The van der Waals surface area contributed by atoms with Gasteiger partial charge < -0.3 is 9.64 Å². The molecule has 3 rings (SSSR count). The van der Waals surface area contributed by atoms with Gasteiger partial charge >= 0.3 is 6.09 Å². The highest BCUT2D eigenvalue weighted by Gasteiger charge is 2.37. The Bertz CT molecular complexity index is 886. The lowest BCUT2D eigenvalue weighted by Crippen LogP contribution is -2.34. The first-order valence-electron chi connectivity index (χ1n) is 7.58. The number of likely N-dealkylation sites (tertiary alicyclic amines) is 1. The van der Waals surface area contributed by atoms with Crippen LogP contribution in [-0.2, 0) is 9.84 Å². The summed E-state index contributed by atoms with van der Waals surface area (Å²) in [4.78, 5) is 13.6. The van der Waals surface area contributed by atoms with Crippen LogP contribution in [0.25, 0.3) is 0 Å². The van der Waals surface area contributed by atoms with Crippen LogP contribution < -0.4 is 4.74 Å². The third-order valence-electron chi connectivity index (χ3n) is 4.00. The molecule has 0 aromatic heterocycles. The van der Waals surface area contributed by atoms with Gasteiger partial charge in [-0.1, -0.05) is 23.7 Å². The van der Waals surface area contributed by atoms with Gasteiger partial charge in [0.15, 0.2) is 9.84 Å². The zero-order chi connectivity index (χ0) is 18.0. The minimum atomic E-state index is -3.65. The van der Waals surface area contributed by atoms with E-state index in [-0.39, 0.29) is 28.8 Å². The minimum Gasteiger partial charge on any atom is -0.410 e. The van der Waals surface area contributed by atoms with Crippen molar-refractivity contribution in [3.05, 3.63) is 59.4 Å². The average Bonchev–Trinajstić information content (AvgIpc) is 3.08. The fourth-order valence-electron chi connectivity index (χ4n) is 2.67. The van der Waals surface area contributed by atoms with Gasteiger partial charge in [0, 0.05) is 13.1 Å². The molecule has 1 heterocycles. The molecule has 1 amide bonds. The Hall–Kier alpha value is -2.12. The standard InChI is InChI=1S/C17H15ClFNO4S/c18-15-3-1-2-4-16(15)25(22,23)14-9-10-20(11-14)17(21)24-13-7-5-12(19)6-8-13/h1-8,14H,9-11H2/t14-/m1/s1. The number of ether oxygens (including phenoxy) is 1. The summed E-state index contributed by atoms with van der Waals surface area (Å²) in [6.45, 7) is 0.280. The summed E-state index contributed by atoms with van der Waals surface area (Å²) in [5.74, 6) is -0.240. The quantitative estimate of drug-likeness (QED) is 0.813. The molecule has 2 aromatic rings. The normalized spacial score (nSPS) is 17.5. The van der Waals surface area contributed by atoms with Crippen molar-refractivity contribution in [3.63, 3.8) is 0 Å². The molecule has 0 N–H and O–H groups in total. The maximum atomic E-state index is 12.9. The summed E-state index contributed by atoms with van der Waals surface area (Å²) in [5.41, 5.74) is 0. The van der Waals surface area contributed by atoms with Crippen LogP contribution in [0.2, 0.25) is 5.02 Å². The van der Waals surface area contributed by atoms with Gasteiger partial charge in [0.1, 0.15) is 11.6 Å². The molecule has 5 nitrogen and oxygen atoms in total. The number of halogens is 2. The third-order valence-corrected chi connectivity index (χ3v) is 6.68. The summed E-state index contributed by atoms with van der Waals surface area (Å²) in [7, 11) is -3.65. The first-order valence-corrected chi connectivity index (χ1v) is 9.51. The number of hydrogen-bond acceptors (Lipinski definition) is 4. The highest BCUT2D eigenvalue weighted by atomic mass is 35.5. The molecule has 8 heteroatoms. The Labute approximate surface area is 149 Å². The molecule has 0 spiro atoms. The van der Waals surface area contributed by atoms with Crippen molar-refractivity contribution in [2.75, 3.05) is 13.1 Å². The minimum absolute atomic E-state index is 0.0214. The zero-order valence-corrected chi connectivity index (χ0v) is 14.6. The van der Waals surface area contributed by atoms with Gasteiger partial charge in [-0.05, 0) is 42.8 Å². The van der Waals surface area contributed by atoms with E-state index >= 15 is 0 Å². The number of nitrogens with zero attached hydrogens (tertiary/aromatic N) is 1. The van der Waals surface area contributed by atoms with Gasteiger partial charge in [-0.25, -0.2) is 17.6 Å². The van der Waals surface area contributed by atoms with E-state index in [1.807, 2.05) is 0 Å². The summed E-state index contributed by atoms with van der Waals surface area (Å²) in [5, 5.41) is -0.581. The molecular formula is C17H15ClFNO4S. The van der Waals surface area contributed by atoms with Crippen LogP contribution in [0.5, 0.6) is 5.75 Å². The monoisotopic (exact) mass is 383 g/mol. The highest BCUT2D eigenvalue weighted by molar-refractivity contribution is 7.92. The number of carbonyl (C=O) groups excluding carboxylic acids is 1. The van der Waals surface area contributed by atoms with E-state index in [1.165, 1.54) is 41.3 Å². The van der Waals surface area contributed by atoms with Crippen molar-refractivity contribution < 1.29 is 22.3 Å². The van der Waals surface area contributed by atoms with Gasteiger partial charge in [-0.15, -0.1) is 0 Å². The second kappa shape index (κ2) is 7.01. The van der Waals surface area contributed by atoms with Crippen LogP contribution in [0, 0.1) is 5.82 Å². The number of amides is 1. The van der Waals surface area contributed by atoms with Crippen molar-refractivity contribution in [2.24, 2.45) is 0 Å². The Morgan fingerprint density at radius 1 is 1.16 bits per heavy atom. The molecule has 0 saturated carbocycles. The fourth-order valence-corrected chi connectivity index (χ4v) is 4.89. The van der Waals surface area contributed by atoms with Crippen molar-refractivity contribution in [2.45, 2.75) is 16.6 Å². The second-order valence-corrected chi connectivity index (χ2v) is 8.26. The molecule has 1 atom stereocenters. The van der Waals surface area contributed by atoms with Crippen LogP contribution in [0.4, 0.5) is 9.18 Å². The van der Waals surface area contributed by atoms with E-state index in [4.69, 9.17) is 16.3 Å². The van der Waals surface area contributed by atoms with E-state index in [1.54, 1.807) is 12.1 Å². The lowest BCUT2D eigenvalue weighted by molar-refractivity contribution is 0.163. The van der Waals surface area contributed by atoms with Crippen LogP contribution in [0.1, 0.15) is 6.42 Å². The molecule has 0 aliphatic carbocycles. The van der Waals surface area contributed by atoms with Gasteiger partial charge in [0.05, 0.1) is 15.2 Å². The largest absolute Gasteiger partial charge is 0.415 e. The van der Waals surface area contributed by atoms with E-state index < -0.39 is 27.0 Å². The number of benzene rings is 2. The molecule has 132 valence electrons. The topological polar surface area (TPSA) is 63.7 Å². The van der Waals surface area contributed by atoms with Gasteiger partial charge in [-0.2, -0.15) is 0 Å². The smallest absolute Gasteiger partial charge is 0.410 e. The average molecular weight is 384 g/mol. The molecule has 0 unspecified atom stereocenters. The van der Waals surface area contributed by atoms with Crippen LogP contribution in [-0.4, -0.2) is 37.8 Å². The Kier molecular flexibility index (Phi) is 4.96. The Morgan fingerprint density at radius 2 is 1.84 bits per heavy atom. The Morgan fingerprint density at radius 3 is 2.52 bits per heavy atom. The maximum absolute atomic E-state index is 12.9. The Balaban J connectivity index is 1.70. The molecule has 1 saturated heterocycles. The maximum Gasteiger partial charge on any atom is 0.415 e. The molecule has 1 aliphatic rings. The molecule has 1 aliphatic heterocycles. The van der Waals surface area contributed by atoms with E-state index in [0.717, 1.165) is 0 Å². The number of rotatable bonds is 3. The zero-order valence-electron chi connectivity index (χ0n) is 13.1. The molecule has 2 aromatic carbocycles. The summed E-state index contributed by atoms with van der Waals surface area (Å²) in [6, 6.07) is 11.3. The van der Waals surface area contributed by atoms with Gasteiger partial charge in [-0.3, -0.25) is 0 Å². The molecular weight excluding hydrogens is 369 g/mol. The summed E-state index contributed by atoms with van der Waals surface area (Å²) in [6.07, 6.45) is -0.366. The predicted molar refractivity (Wildman–Crippen MR) is 91.0 cm³/mol. The van der Waals surface area contributed by atoms with Crippen LogP contribution >= 0.6 is 11.6 Å². The second-order valence-electron chi connectivity index (χ2n) is 5.65. The summed E-state index contributed by atoms with van der Waals surface area (Å²) < 4.78 is 43.4. The van der Waals surface area contributed by atoms with Crippen molar-refractivity contribution in [3.8, 4) is 5.75 Å². The number of carbonyl (C=O) groups is 1. The first kappa shape index (κ1) is 17.7. The van der Waals surface area contributed by atoms with Crippen molar-refractivity contribution in [1.82, 2.24) is 4.90 Å². The number of hydrogen-bond donors (Lipinski definition) is 0. The predicted octanol–water partition coefficient (Wildman–Crippen LogP) is 3.53. The van der Waals surface area contributed by atoms with Gasteiger partial charge in [0.25, 0.3) is 0 Å². The molecule has 0 radical (unpaired) electrons. The molecule has 25 heavy (non-hydrogen) atoms. The fraction of sp³-hybridized carbons (Fsp3) is 0.235. The van der Waals surface area contributed by atoms with Crippen molar-refractivity contribution in [1.29, 1.82) is 0 Å². The number of sulfone groups is 1. The lowest BCUT2D eigenvalue weighted by atomic mass is 10.3. The van der Waals surface area contributed by atoms with Gasteiger partial charge in [0.2, 0.25) is 0 Å². The third kappa shape index (κ3) is 3.77. The molecule has 1 fully saturated rings. The van der Waals surface area contributed by atoms with E-state index in [0.29, 0.717) is 6.42 Å². The molecule has 0 bridgehead atoms. The lowest BCUT2D eigenvalue weighted by Gasteiger charge is -2.16. The van der Waals surface area contributed by atoms with E-state index in [9.17, 15) is 17.6 Å². The summed E-state index contributed by atoms with van der Waals surface area (Å²) >= 11 is 5.99.